The SMILES string of the molecule is CC(CNC(=O)CSCc1ccc(Cl)cc1F)c1ccccc1. The number of carbonyl (C=O) groups is 1. The summed E-state index contributed by atoms with van der Waals surface area (Å²) in [6.07, 6.45) is 0. The zero-order valence-corrected chi connectivity index (χ0v) is 14.5. The Morgan fingerprint density at radius 2 is 2.00 bits per heavy atom. The molecule has 0 bridgehead atoms. The lowest BCUT2D eigenvalue weighted by atomic mass is 10.0. The van der Waals surface area contributed by atoms with Gasteiger partial charge in [-0.3, -0.25) is 4.79 Å². The van der Waals surface area contributed by atoms with Crippen LogP contribution in [0.4, 0.5) is 4.39 Å². The molecule has 122 valence electrons. The van der Waals surface area contributed by atoms with E-state index >= 15 is 0 Å². The Labute approximate surface area is 145 Å². The van der Waals surface area contributed by atoms with Crippen molar-refractivity contribution in [1.29, 1.82) is 0 Å². The Bertz CT molecular complexity index is 651. The maximum atomic E-state index is 13.6. The summed E-state index contributed by atoms with van der Waals surface area (Å²) in [6, 6.07) is 14.7. The molecule has 0 spiro atoms. The molecule has 1 unspecified atom stereocenters. The van der Waals surface area contributed by atoms with Gasteiger partial charge in [0.1, 0.15) is 5.82 Å². The maximum absolute atomic E-state index is 13.6. The monoisotopic (exact) mass is 351 g/mol. The lowest BCUT2D eigenvalue weighted by molar-refractivity contribution is -0.118. The van der Waals surface area contributed by atoms with Crippen molar-refractivity contribution in [3.8, 4) is 0 Å². The number of hydrogen-bond donors (Lipinski definition) is 1. The van der Waals surface area contributed by atoms with Crippen LogP contribution in [0.2, 0.25) is 5.02 Å². The summed E-state index contributed by atoms with van der Waals surface area (Å²) < 4.78 is 13.6. The van der Waals surface area contributed by atoms with Gasteiger partial charge in [-0.1, -0.05) is 54.9 Å². The molecular formula is C18H19ClFNOS. The molecule has 5 heteroatoms. The van der Waals surface area contributed by atoms with Crippen molar-refractivity contribution in [3.05, 3.63) is 70.5 Å². The average Bonchev–Trinajstić information content (AvgIpc) is 2.55. The van der Waals surface area contributed by atoms with E-state index in [0.29, 0.717) is 28.6 Å². The third-order valence-electron chi connectivity index (χ3n) is 3.48. The first kappa shape index (κ1) is 17.8. The normalized spacial score (nSPS) is 12.0. The smallest absolute Gasteiger partial charge is 0.230 e. The van der Waals surface area contributed by atoms with Crippen LogP contribution in [0.1, 0.15) is 24.0 Å². The Morgan fingerprint density at radius 3 is 2.70 bits per heavy atom. The van der Waals surface area contributed by atoms with Crippen molar-refractivity contribution in [2.75, 3.05) is 12.3 Å². The van der Waals surface area contributed by atoms with E-state index in [-0.39, 0.29) is 17.6 Å². The number of rotatable bonds is 7. The van der Waals surface area contributed by atoms with E-state index in [2.05, 4.69) is 24.4 Å². The van der Waals surface area contributed by atoms with Crippen LogP contribution in [0.25, 0.3) is 0 Å². The molecule has 0 aromatic heterocycles. The van der Waals surface area contributed by atoms with E-state index in [0.717, 1.165) is 0 Å². The molecule has 1 amide bonds. The first-order valence-corrected chi connectivity index (χ1v) is 8.93. The first-order chi connectivity index (χ1) is 11.1. The summed E-state index contributed by atoms with van der Waals surface area (Å²) in [6.45, 7) is 2.67. The van der Waals surface area contributed by atoms with E-state index in [9.17, 15) is 9.18 Å². The Kier molecular flexibility index (Phi) is 6.93. The molecule has 0 aliphatic carbocycles. The molecule has 23 heavy (non-hydrogen) atoms. The van der Waals surface area contributed by atoms with Gasteiger partial charge >= 0.3 is 0 Å². The van der Waals surface area contributed by atoms with Crippen LogP contribution in [0.5, 0.6) is 0 Å². The van der Waals surface area contributed by atoms with Gasteiger partial charge in [0.2, 0.25) is 5.91 Å². The van der Waals surface area contributed by atoms with E-state index < -0.39 is 0 Å². The molecule has 0 fully saturated rings. The van der Waals surface area contributed by atoms with Crippen LogP contribution >= 0.6 is 23.4 Å². The van der Waals surface area contributed by atoms with E-state index in [1.165, 1.54) is 23.4 Å². The zero-order valence-electron chi connectivity index (χ0n) is 12.9. The van der Waals surface area contributed by atoms with Crippen LogP contribution < -0.4 is 5.32 Å². The minimum absolute atomic E-state index is 0.0350. The summed E-state index contributed by atoms with van der Waals surface area (Å²) in [4.78, 5) is 11.9. The number of benzene rings is 2. The van der Waals surface area contributed by atoms with Crippen molar-refractivity contribution in [2.45, 2.75) is 18.6 Å². The van der Waals surface area contributed by atoms with E-state index in [1.807, 2.05) is 18.2 Å². The molecule has 0 radical (unpaired) electrons. The molecule has 2 nitrogen and oxygen atoms in total. The summed E-state index contributed by atoms with van der Waals surface area (Å²) in [5.74, 6) is 0.656. The first-order valence-electron chi connectivity index (χ1n) is 7.39. The van der Waals surface area contributed by atoms with Gasteiger partial charge in [-0.15, -0.1) is 11.8 Å². The van der Waals surface area contributed by atoms with Gasteiger partial charge in [0, 0.05) is 17.3 Å². The third kappa shape index (κ3) is 5.88. The summed E-state index contributed by atoms with van der Waals surface area (Å²) in [5.41, 5.74) is 1.76. The number of hydrogen-bond acceptors (Lipinski definition) is 2. The zero-order chi connectivity index (χ0) is 16.7. The highest BCUT2D eigenvalue weighted by atomic mass is 35.5. The fraction of sp³-hybridized carbons (Fsp3) is 0.278. The topological polar surface area (TPSA) is 29.1 Å². The molecule has 1 atom stereocenters. The quantitative estimate of drug-likeness (QED) is 0.787. The highest BCUT2D eigenvalue weighted by Gasteiger charge is 2.09. The number of amides is 1. The van der Waals surface area contributed by atoms with Crippen molar-refractivity contribution in [3.63, 3.8) is 0 Å². The van der Waals surface area contributed by atoms with E-state index in [4.69, 9.17) is 11.6 Å². The molecule has 0 aliphatic heterocycles. The van der Waals surface area contributed by atoms with Gasteiger partial charge in [-0.05, 0) is 29.2 Å². The highest BCUT2D eigenvalue weighted by Crippen LogP contribution is 2.19. The maximum Gasteiger partial charge on any atom is 0.230 e. The lowest BCUT2D eigenvalue weighted by Gasteiger charge is -2.13. The summed E-state index contributed by atoms with van der Waals surface area (Å²) in [5, 5.41) is 3.29. The van der Waals surface area contributed by atoms with Gasteiger partial charge in [0.15, 0.2) is 0 Å². The Morgan fingerprint density at radius 1 is 1.26 bits per heavy atom. The molecule has 0 saturated heterocycles. The number of nitrogens with one attached hydrogen (secondary N) is 1. The van der Waals surface area contributed by atoms with Crippen LogP contribution in [0, 0.1) is 5.82 Å². The minimum Gasteiger partial charge on any atom is -0.355 e. The Hall–Kier alpha value is -1.52. The standard InChI is InChI=1S/C18H19ClFNOS/c1-13(14-5-3-2-4-6-14)10-21-18(22)12-23-11-15-7-8-16(19)9-17(15)20/h2-9,13H,10-12H2,1H3,(H,21,22). The molecule has 2 aromatic carbocycles. The van der Waals surface area contributed by atoms with E-state index in [1.54, 1.807) is 12.1 Å². The average molecular weight is 352 g/mol. The predicted molar refractivity (Wildman–Crippen MR) is 95.4 cm³/mol. The summed E-state index contributed by atoms with van der Waals surface area (Å²) in [7, 11) is 0. The molecule has 0 saturated carbocycles. The van der Waals surface area contributed by atoms with Crippen LogP contribution in [-0.4, -0.2) is 18.2 Å². The van der Waals surface area contributed by atoms with Crippen molar-refractivity contribution in [1.82, 2.24) is 5.32 Å². The van der Waals surface area contributed by atoms with Crippen molar-refractivity contribution in [2.24, 2.45) is 0 Å². The molecule has 1 N–H and O–H groups in total. The van der Waals surface area contributed by atoms with Crippen molar-refractivity contribution >= 4 is 29.3 Å². The second kappa shape index (κ2) is 8.94. The molecule has 2 rings (SSSR count). The van der Waals surface area contributed by atoms with Crippen molar-refractivity contribution < 1.29 is 9.18 Å². The van der Waals surface area contributed by atoms with Gasteiger partial charge < -0.3 is 5.32 Å². The van der Waals surface area contributed by atoms with Crippen LogP contribution in [0.15, 0.2) is 48.5 Å². The fourth-order valence-corrected chi connectivity index (χ4v) is 3.11. The molecule has 0 aliphatic rings. The second-order valence-corrected chi connectivity index (χ2v) is 6.77. The molecular weight excluding hydrogens is 333 g/mol. The second-order valence-electron chi connectivity index (χ2n) is 5.34. The van der Waals surface area contributed by atoms with Gasteiger partial charge in [-0.2, -0.15) is 0 Å². The van der Waals surface area contributed by atoms with Gasteiger partial charge in [0.25, 0.3) is 0 Å². The Balaban J connectivity index is 1.71. The number of thioether (sulfide) groups is 1. The highest BCUT2D eigenvalue weighted by molar-refractivity contribution is 7.99. The van der Waals surface area contributed by atoms with Gasteiger partial charge in [0.05, 0.1) is 5.75 Å². The minimum atomic E-state index is -0.330. The lowest BCUT2D eigenvalue weighted by Crippen LogP contribution is -2.29. The van der Waals surface area contributed by atoms with Crippen LogP contribution in [-0.2, 0) is 10.5 Å². The summed E-state index contributed by atoms with van der Waals surface area (Å²) >= 11 is 7.10. The number of halogens is 2. The van der Waals surface area contributed by atoms with Crippen LogP contribution in [0.3, 0.4) is 0 Å². The molecule has 0 heterocycles. The molecule has 2 aromatic rings. The third-order valence-corrected chi connectivity index (χ3v) is 4.70. The predicted octanol–water partition coefficient (Wildman–Crippen LogP) is 4.63. The fourth-order valence-electron chi connectivity index (χ4n) is 2.11. The largest absolute Gasteiger partial charge is 0.355 e. The van der Waals surface area contributed by atoms with Gasteiger partial charge in [-0.25, -0.2) is 4.39 Å². The number of carbonyl (C=O) groups excluding carboxylic acids is 1.